The maximum atomic E-state index is 11.9. The van der Waals surface area contributed by atoms with Crippen LogP contribution >= 0.6 is 0 Å². The number of piperidine rings is 1. The van der Waals surface area contributed by atoms with E-state index in [2.05, 4.69) is 5.32 Å². The summed E-state index contributed by atoms with van der Waals surface area (Å²) in [5, 5.41) is 3.21. The number of hydrogen-bond acceptors (Lipinski definition) is 5. The second-order valence-electron chi connectivity index (χ2n) is 6.85. The molecule has 0 aromatic heterocycles. The van der Waals surface area contributed by atoms with Gasteiger partial charge in [0.05, 0.1) is 5.75 Å². The summed E-state index contributed by atoms with van der Waals surface area (Å²) < 4.78 is 28.1. The van der Waals surface area contributed by atoms with E-state index in [-0.39, 0.29) is 17.6 Å². The minimum Gasteiger partial charge on any atom is -0.444 e. The van der Waals surface area contributed by atoms with Gasteiger partial charge >= 0.3 is 6.09 Å². The average molecular weight is 334 g/mol. The van der Waals surface area contributed by atoms with Crippen LogP contribution in [0, 0.1) is 5.92 Å². The molecule has 1 aliphatic heterocycles. The van der Waals surface area contributed by atoms with Crippen molar-refractivity contribution in [3.05, 3.63) is 0 Å². The first-order valence-electron chi connectivity index (χ1n) is 8.02. The molecular weight excluding hydrogens is 304 g/mol. The van der Waals surface area contributed by atoms with Gasteiger partial charge in [-0.05, 0) is 46.1 Å². The highest BCUT2D eigenvalue weighted by Gasteiger charge is 2.26. The van der Waals surface area contributed by atoms with E-state index in [9.17, 15) is 13.2 Å². The second-order valence-corrected chi connectivity index (χ2v) is 9.32. The van der Waals surface area contributed by atoms with Crippen LogP contribution in [-0.4, -0.2) is 62.7 Å². The van der Waals surface area contributed by atoms with Crippen molar-refractivity contribution >= 4 is 15.9 Å². The SMILES string of the molecule is CCS(=O)(=O)CCNCC1CCN(C(=O)OC(C)(C)C)CC1. The molecule has 1 aliphatic rings. The van der Waals surface area contributed by atoms with Gasteiger partial charge in [0.1, 0.15) is 5.60 Å². The van der Waals surface area contributed by atoms with E-state index in [1.807, 2.05) is 20.8 Å². The molecule has 22 heavy (non-hydrogen) atoms. The standard InChI is InChI=1S/C15H30N2O4S/c1-5-22(19,20)11-8-16-12-13-6-9-17(10-7-13)14(18)21-15(2,3)4/h13,16H,5-12H2,1-4H3. The molecule has 7 heteroatoms. The Bertz CT molecular complexity index is 449. The molecule has 0 radical (unpaired) electrons. The summed E-state index contributed by atoms with van der Waals surface area (Å²) in [4.78, 5) is 13.7. The van der Waals surface area contributed by atoms with Gasteiger partial charge in [-0.2, -0.15) is 0 Å². The van der Waals surface area contributed by atoms with Gasteiger partial charge in [0, 0.05) is 25.4 Å². The normalized spacial score (nSPS) is 17.5. The van der Waals surface area contributed by atoms with Gasteiger partial charge in [0.25, 0.3) is 0 Å². The molecule has 1 heterocycles. The molecule has 0 aromatic carbocycles. The molecule has 0 atom stereocenters. The number of amides is 1. The molecule has 0 saturated carbocycles. The van der Waals surface area contributed by atoms with Crippen molar-refractivity contribution in [3.63, 3.8) is 0 Å². The second kappa shape index (κ2) is 8.15. The van der Waals surface area contributed by atoms with E-state index in [4.69, 9.17) is 4.74 Å². The Balaban J connectivity index is 2.22. The minimum absolute atomic E-state index is 0.195. The van der Waals surface area contributed by atoms with Crippen LogP contribution in [0.15, 0.2) is 0 Å². The van der Waals surface area contributed by atoms with E-state index < -0.39 is 15.4 Å². The van der Waals surface area contributed by atoms with Gasteiger partial charge in [-0.3, -0.25) is 0 Å². The largest absolute Gasteiger partial charge is 0.444 e. The summed E-state index contributed by atoms with van der Waals surface area (Å²) in [7, 11) is -2.89. The quantitative estimate of drug-likeness (QED) is 0.748. The van der Waals surface area contributed by atoms with Crippen LogP contribution in [0.3, 0.4) is 0 Å². The number of carbonyl (C=O) groups is 1. The molecular formula is C15H30N2O4S. The summed E-state index contributed by atoms with van der Waals surface area (Å²) in [5.74, 6) is 0.881. The zero-order chi connectivity index (χ0) is 16.8. The average Bonchev–Trinajstić information content (AvgIpc) is 2.42. The molecule has 0 bridgehead atoms. The molecule has 0 aliphatic carbocycles. The summed E-state index contributed by atoms with van der Waals surface area (Å²) in [6.45, 7) is 9.98. The third-order valence-corrected chi connectivity index (χ3v) is 5.43. The smallest absolute Gasteiger partial charge is 0.410 e. The van der Waals surface area contributed by atoms with Crippen molar-refractivity contribution < 1.29 is 17.9 Å². The van der Waals surface area contributed by atoms with Crippen LogP contribution in [0.1, 0.15) is 40.5 Å². The Hall–Kier alpha value is -0.820. The molecule has 6 nitrogen and oxygen atoms in total. The lowest BCUT2D eigenvalue weighted by atomic mass is 9.97. The Labute approximate surface area is 134 Å². The Morgan fingerprint density at radius 1 is 1.27 bits per heavy atom. The van der Waals surface area contributed by atoms with Gasteiger partial charge in [0.2, 0.25) is 0 Å². The molecule has 1 fully saturated rings. The fourth-order valence-corrected chi connectivity index (χ4v) is 3.07. The molecule has 1 amide bonds. The summed E-state index contributed by atoms with van der Waals surface area (Å²) in [6, 6.07) is 0. The summed E-state index contributed by atoms with van der Waals surface area (Å²) in [6.07, 6.45) is 1.60. The topological polar surface area (TPSA) is 75.7 Å². The highest BCUT2D eigenvalue weighted by Crippen LogP contribution is 2.19. The number of ether oxygens (including phenoxy) is 1. The number of carbonyl (C=O) groups excluding carboxylic acids is 1. The molecule has 0 spiro atoms. The number of nitrogens with zero attached hydrogens (tertiary/aromatic N) is 1. The first kappa shape index (κ1) is 19.2. The molecule has 1 rings (SSSR count). The number of sulfone groups is 1. The Kier molecular flexibility index (Phi) is 7.12. The summed E-state index contributed by atoms with van der Waals surface area (Å²) >= 11 is 0. The van der Waals surface area contributed by atoms with Crippen LogP contribution in [-0.2, 0) is 14.6 Å². The zero-order valence-electron chi connectivity index (χ0n) is 14.2. The van der Waals surface area contributed by atoms with Crippen molar-refractivity contribution in [1.82, 2.24) is 10.2 Å². The summed E-state index contributed by atoms with van der Waals surface area (Å²) in [5.41, 5.74) is -0.458. The van der Waals surface area contributed by atoms with Crippen LogP contribution in [0.2, 0.25) is 0 Å². The predicted octanol–water partition coefficient (Wildman–Crippen LogP) is 1.66. The van der Waals surface area contributed by atoms with Crippen LogP contribution in [0.4, 0.5) is 4.79 Å². The Morgan fingerprint density at radius 3 is 2.36 bits per heavy atom. The van der Waals surface area contributed by atoms with Crippen molar-refractivity contribution in [2.75, 3.05) is 37.7 Å². The maximum Gasteiger partial charge on any atom is 0.410 e. The van der Waals surface area contributed by atoms with Gasteiger partial charge in [-0.15, -0.1) is 0 Å². The van der Waals surface area contributed by atoms with Crippen molar-refractivity contribution in [2.45, 2.75) is 46.1 Å². The third-order valence-electron chi connectivity index (χ3n) is 3.73. The van der Waals surface area contributed by atoms with Crippen LogP contribution in [0.25, 0.3) is 0 Å². The van der Waals surface area contributed by atoms with Gasteiger partial charge in [-0.1, -0.05) is 6.92 Å². The van der Waals surface area contributed by atoms with E-state index in [0.29, 0.717) is 25.6 Å². The maximum absolute atomic E-state index is 11.9. The van der Waals surface area contributed by atoms with Gasteiger partial charge in [0.15, 0.2) is 9.84 Å². The van der Waals surface area contributed by atoms with Crippen LogP contribution in [0.5, 0.6) is 0 Å². The first-order chi connectivity index (χ1) is 10.1. The highest BCUT2D eigenvalue weighted by atomic mass is 32.2. The highest BCUT2D eigenvalue weighted by molar-refractivity contribution is 7.91. The molecule has 130 valence electrons. The number of rotatable bonds is 6. The molecule has 1 N–H and O–H groups in total. The lowest BCUT2D eigenvalue weighted by Gasteiger charge is -2.33. The van der Waals surface area contributed by atoms with Crippen LogP contribution < -0.4 is 5.32 Å². The fraction of sp³-hybridized carbons (Fsp3) is 0.933. The number of nitrogens with one attached hydrogen (secondary N) is 1. The molecule has 0 aromatic rings. The Morgan fingerprint density at radius 2 is 1.86 bits per heavy atom. The third kappa shape index (κ3) is 7.45. The monoisotopic (exact) mass is 334 g/mol. The van der Waals surface area contributed by atoms with Gasteiger partial charge < -0.3 is 15.0 Å². The lowest BCUT2D eigenvalue weighted by Crippen LogP contribution is -2.43. The first-order valence-corrected chi connectivity index (χ1v) is 9.84. The van der Waals surface area contributed by atoms with Crippen molar-refractivity contribution in [2.24, 2.45) is 5.92 Å². The van der Waals surface area contributed by atoms with E-state index in [0.717, 1.165) is 19.4 Å². The van der Waals surface area contributed by atoms with Crippen molar-refractivity contribution in [3.8, 4) is 0 Å². The van der Waals surface area contributed by atoms with E-state index in [1.165, 1.54) is 0 Å². The zero-order valence-corrected chi connectivity index (χ0v) is 15.0. The van der Waals surface area contributed by atoms with Gasteiger partial charge in [-0.25, -0.2) is 13.2 Å². The molecule has 0 unspecified atom stereocenters. The molecule has 1 saturated heterocycles. The number of likely N-dealkylation sites (tertiary alicyclic amines) is 1. The predicted molar refractivity (Wildman–Crippen MR) is 87.7 cm³/mol. The van der Waals surface area contributed by atoms with Crippen molar-refractivity contribution in [1.29, 1.82) is 0 Å². The van der Waals surface area contributed by atoms with E-state index in [1.54, 1.807) is 11.8 Å². The fourth-order valence-electron chi connectivity index (χ4n) is 2.32. The lowest BCUT2D eigenvalue weighted by molar-refractivity contribution is 0.0184. The van der Waals surface area contributed by atoms with E-state index >= 15 is 0 Å². The minimum atomic E-state index is -2.89. The number of hydrogen-bond donors (Lipinski definition) is 1.